The average Bonchev–Trinajstić information content (AvgIpc) is 3.11. The Balaban J connectivity index is 2.20. The highest BCUT2D eigenvalue weighted by atomic mass is 32.2. The largest absolute Gasteiger partial charge is 0.383 e. The van der Waals surface area contributed by atoms with Gasteiger partial charge in [-0.15, -0.1) is 0 Å². The van der Waals surface area contributed by atoms with Crippen LogP contribution in [-0.2, 0) is 14.8 Å². The lowest BCUT2D eigenvalue weighted by atomic mass is 10.3. The highest BCUT2D eigenvalue weighted by Gasteiger charge is 2.23. The molecule has 0 aromatic rings. The van der Waals surface area contributed by atoms with Gasteiger partial charge in [0.15, 0.2) is 0 Å². The minimum absolute atomic E-state index is 0.107. The summed E-state index contributed by atoms with van der Waals surface area (Å²) in [6.45, 7) is 3.21. The molecule has 1 saturated carbocycles. The van der Waals surface area contributed by atoms with Crippen molar-refractivity contribution < 1.29 is 13.2 Å². The lowest BCUT2D eigenvalue weighted by Gasteiger charge is -2.23. The molecule has 1 unspecified atom stereocenters. The van der Waals surface area contributed by atoms with Gasteiger partial charge in [-0.2, -0.15) is 4.31 Å². The summed E-state index contributed by atoms with van der Waals surface area (Å²) >= 11 is 0. The molecule has 0 amide bonds. The van der Waals surface area contributed by atoms with Crippen LogP contribution in [0, 0.1) is 0 Å². The van der Waals surface area contributed by atoms with Crippen molar-refractivity contribution >= 4 is 10.0 Å². The van der Waals surface area contributed by atoms with Crippen LogP contribution in [0.2, 0.25) is 0 Å². The number of hydrogen-bond acceptors (Lipinski definition) is 4. The van der Waals surface area contributed by atoms with E-state index in [1.54, 1.807) is 14.2 Å². The Hall–Kier alpha value is -0.170. The molecule has 0 heterocycles. The monoisotopic (exact) mass is 278 g/mol. The molecule has 6 heteroatoms. The van der Waals surface area contributed by atoms with Gasteiger partial charge in [0, 0.05) is 26.2 Å². The third-order valence-corrected chi connectivity index (χ3v) is 5.35. The molecule has 1 atom stereocenters. The second-order valence-corrected chi connectivity index (χ2v) is 7.22. The van der Waals surface area contributed by atoms with Crippen molar-refractivity contribution in [1.29, 1.82) is 0 Å². The van der Waals surface area contributed by atoms with Crippen molar-refractivity contribution in [2.75, 3.05) is 33.1 Å². The second kappa shape index (κ2) is 7.43. The molecule has 0 aliphatic heterocycles. The first-order valence-electron chi connectivity index (χ1n) is 6.65. The van der Waals surface area contributed by atoms with Crippen LogP contribution in [0.1, 0.15) is 32.6 Å². The van der Waals surface area contributed by atoms with E-state index in [1.165, 1.54) is 17.1 Å². The minimum Gasteiger partial charge on any atom is -0.383 e. The fraction of sp³-hybridized carbons (Fsp3) is 1.00. The molecule has 0 radical (unpaired) electrons. The van der Waals surface area contributed by atoms with E-state index < -0.39 is 10.0 Å². The van der Waals surface area contributed by atoms with E-state index in [1.807, 2.05) is 6.92 Å². The number of sulfonamides is 1. The Morgan fingerprint density at radius 3 is 2.61 bits per heavy atom. The Morgan fingerprint density at radius 2 is 2.06 bits per heavy atom. The predicted octanol–water partition coefficient (Wildman–Crippen LogP) is 0.815. The van der Waals surface area contributed by atoms with Crippen LogP contribution in [0.25, 0.3) is 0 Å². The normalized spacial score (nSPS) is 18.2. The molecular formula is C12H26N2O3S. The average molecular weight is 278 g/mol. The number of methoxy groups -OCH3 is 1. The maximum atomic E-state index is 12.0. The quantitative estimate of drug-likeness (QED) is 0.601. The van der Waals surface area contributed by atoms with E-state index in [2.05, 4.69) is 5.32 Å². The summed E-state index contributed by atoms with van der Waals surface area (Å²) in [6.07, 6.45) is 4.18. The van der Waals surface area contributed by atoms with Crippen molar-refractivity contribution in [2.24, 2.45) is 0 Å². The maximum absolute atomic E-state index is 12.0. The van der Waals surface area contributed by atoms with Gasteiger partial charge in [-0.05, 0) is 39.2 Å². The second-order valence-electron chi connectivity index (χ2n) is 5.07. The third-order valence-electron chi connectivity index (χ3n) is 3.31. The van der Waals surface area contributed by atoms with E-state index in [-0.39, 0.29) is 11.8 Å². The van der Waals surface area contributed by atoms with E-state index in [0.29, 0.717) is 19.1 Å². The SMILES string of the molecule is COCC(C)N(C)S(=O)(=O)CCCCNC1CC1. The lowest BCUT2D eigenvalue weighted by Crippen LogP contribution is -2.39. The summed E-state index contributed by atoms with van der Waals surface area (Å²) in [4.78, 5) is 0. The van der Waals surface area contributed by atoms with Crippen LogP contribution < -0.4 is 5.32 Å². The van der Waals surface area contributed by atoms with Crippen LogP contribution in [0.3, 0.4) is 0 Å². The summed E-state index contributed by atoms with van der Waals surface area (Å²) in [5.41, 5.74) is 0. The number of nitrogens with zero attached hydrogens (tertiary/aromatic N) is 1. The number of hydrogen-bond donors (Lipinski definition) is 1. The van der Waals surface area contributed by atoms with E-state index in [4.69, 9.17) is 4.74 Å². The molecule has 0 aromatic heterocycles. The van der Waals surface area contributed by atoms with Crippen LogP contribution >= 0.6 is 0 Å². The van der Waals surface area contributed by atoms with Gasteiger partial charge < -0.3 is 10.1 Å². The molecule has 1 aliphatic rings. The zero-order valence-corrected chi connectivity index (χ0v) is 12.5. The predicted molar refractivity (Wildman–Crippen MR) is 73.1 cm³/mol. The standard InChI is InChI=1S/C12H26N2O3S/c1-11(10-17-3)14(2)18(15,16)9-5-4-8-13-12-6-7-12/h11-13H,4-10H2,1-3H3. The first-order chi connectivity index (χ1) is 8.47. The van der Waals surface area contributed by atoms with Crippen LogP contribution in [-0.4, -0.2) is 57.9 Å². The van der Waals surface area contributed by atoms with Crippen LogP contribution in [0.5, 0.6) is 0 Å². The molecule has 5 nitrogen and oxygen atoms in total. The fourth-order valence-electron chi connectivity index (χ4n) is 1.77. The summed E-state index contributed by atoms with van der Waals surface area (Å²) in [7, 11) is 0.0690. The lowest BCUT2D eigenvalue weighted by molar-refractivity contribution is 0.149. The summed E-state index contributed by atoms with van der Waals surface area (Å²) in [5, 5.41) is 3.39. The Morgan fingerprint density at radius 1 is 1.39 bits per heavy atom. The number of ether oxygens (including phenoxy) is 1. The molecule has 1 rings (SSSR count). The van der Waals surface area contributed by atoms with Crippen LogP contribution in [0.4, 0.5) is 0 Å². The number of unbranched alkanes of at least 4 members (excludes halogenated alkanes) is 1. The Bertz CT molecular complexity index is 328. The molecule has 1 aliphatic carbocycles. The van der Waals surface area contributed by atoms with Crippen molar-refractivity contribution in [3.63, 3.8) is 0 Å². The van der Waals surface area contributed by atoms with Gasteiger partial charge in [-0.1, -0.05) is 0 Å². The summed E-state index contributed by atoms with van der Waals surface area (Å²) in [6, 6.07) is 0.593. The van der Waals surface area contributed by atoms with Crippen LogP contribution in [0.15, 0.2) is 0 Å². The van der Waals surface area contributed by atoms with Gasteiger partial charge in [0.25, 0.3) is 0 Å². The summed E-state index contributed by atoms with van der Waals surface area (Å²) < 4.78 is 30.4. The molecular weight excluding hydrogens is 252 g/mol. The van der Waals surface area contributed by atoms with E-state index in [9.17, 15) is 8.42 Å². The fourth-order valence-corrected chi connectivity index (χ4v) is 3.23. The minimum atomic E-state index is -3.14. The van der Waals surface area contributed by atoms with Crippen molar-refractivity contribution in [3.05, 3.63) is 0 Å². The highest BCUT2D eigenvalue weighted by Crippen LogP contribution is 2.18. The van der Waals surface area contributed by atoms with Crippen molar-refractivity contribution in [2.45, 2.75) is 44.7 Å². The third kappa shape index (κ3) is 5.65. The van der Waals surface area contributed by atoms with E-state index >= 15 is 0 Å². The molecule has 108 valence electrons. The summed E-state index contributed by atoms with van der Waals surface area (Å²) in [5.74, 6) is 0.226. The Labute approximate surface area is 111 Å². The number of nitrogens with one attached hydrogen (secondary N) is 1. The molecule has 0 bridgehead atoms. The van der Waals surface area contributed by atoms with Gasteiger partial charge >= 0.3 is 0 Å². The molecule has 0 saturated heterocycles. The zero-order valence-electron chi connectivity index (χ0n) is 11.7. The maximum Gasteiger partial charge on any atom is 0.214 e. The van der Waals surface area contributed by atoms with E-state index in [0.717, 1.165) is 13.0 Å². The smallest absolute Gasteiger partial charge is 0.214 e. The first-order valence-corrected chi connectivity index (χ1v) is 8.26. The molecule has 0 aromatic carbocycles. The molecule has 1 fully saturated rings. The topological polar surface area (TPSA) is 58.6 Å². The van der Waals surface area contributed by atoms with Gasteiger partial charge in [0.2, 0.25) is 10.0 Å². The number of rotatable bonds is 10. The van der Waals surface area contributed by atoms with Gasteiger partial charge in [-0.25, -0.2) is 8.42 Å². The molecule has 1 N–H and O–H groups in total. The molecule has 18 heavy (non-hydrogen) atoms. The van der Waals surface area contributed by atoms with Crippen molar-refractivity contribution in [3.8, 4) is 0 Å². The zero-order chi connectivity index (χ0) is 13.6. The first kappa shape index (κ1) is 15.9. The van der Waals surface area contributed by atoms with Gasteiger partial charge in [-0.3, -0.25) is 0 Å². The van der Waals surface area contributed by atoms with Crippen molar-refractivity contribution in [1.82, 2.24) is 9.62 Å². The van der Waals surface area contributed by atoms with Gasteiger partial charge in [0.1, 0.15) is 0 Å². The number of likely N-dealkylation sites (N-methyl/N-ethyl adjacent to an activating group) is 1. The van der Waals surface area contributed by atoms with Gasteiger partial charge in [0.05, 0.1) is 12.4 Å². The Kier molecular flexibility index (Phi) is 6.55. The highest BCUT2D eigenvalue weighted by molar-refractivity contribution is 7.89. The molecule has 0 spiro atoms.